The maximum absolute atomic E-state index is 10.3. The summed E-state index contributed by atoms with van der Waals surface area (Å²) in [6.45, 7) is 3.95. The molecule has 2 atom stereocenters. The molecule has 0 heterocycles. The Kier molecular flexibility index (Phi) is 5.87. The van der Waals surface area contributed by atoms with Gasteiger partial charge in [0.15, 0.2) is 0 Å². The van der Waals surface area contributed by atoms with E-state index in [1.807, 2.05) is 0 Å². The molecule has 0 radical (unpaired) electrons. The van der Waals surface area contributed by atoms with E-state index >= 15 is 0 Å². The highest BCUT2D eigenvalue weighted by molar-refractivity contribution is 9.10. The van der Waals surface area contributed by atoms with Crippen LogP contribution in [0.4, 0.5) is 5.69 Å². The molecular weight excluding hydrogens is 316 g/mol. The van der Waals surface area contributed by atoms with Crippen LogP contribution in [0, 0.1) is 0 Å². The van der Waals surface area contributed by atoms with Crippen LogP contribution in [0.3, 0.4) is 0 Å². The molecule has 1 aromatic carbocycles. The lowest BCUT2D eigenvalue weighted by Crippen LogP contribution is -2.44. The Morgan fingerprint density at radius 2 is 2.10 bits per heavy atom. The predicted molar refractivity (Wildman–Crippen MR) is 88.2 cm³/mol. The number of anilines is 1. The summed E-state index contributed by atoms with van der Waals surface area (Å²) in [5, 5.41) is 13.7. The van der Waals surface area contributed by atoms with E-state index in [-0.39, 0.29) is 12.1 Å². The molecule has 0 amide bonds. The lowest BCUT2D eigenvalue weighted by atomic mass is 9.91. The van der Waals surface area contributed by atoms with Crippen LogP contribution in [0.5, 0.6) is 0 Å². The van der Waals surface area contributed by atoms with Gasteiger partial charge in [-0.2, -0.15) is 0 Å². The molecule has 4 heteroatoms. The second kappa shape index (κ2) is 7.43. The average molecular weight is 341 g/mol. The van der Waals surface area contributed by atoms with Crippen molar-refractivity contribution in [1.29, 1.82) is 0 Å². The summed E-state index contributed by atoms with van der Waals surface area (Å²) in [5.74, 6) is 0. The Morgan fingerprint density at radius 3 is 2.80 bits per heavy atom. The number of aliphatic hydroxyl groups excluding tert-OH is 1. The van der Waals surface area contributed by atoms with Crippen LogP contribution < -0.4 is 10.2 Å². The maximum Gasteiger partial charge on any atom is 0.0743 e. The van der Waals surface area contributed by atoms with Crippen molar-refractivity contribution in [1.82, 2.24) is 5.32 Å². The van der Waals surface area contributed by atoms with E-state index in [0.29, 0.717) is 0 Å². The molecule has 0 saturated heterocycles. The van der Waals surface area contributed by atoms with Gasteiger partial charge >= 0.3 is 0 Å². The van der Waals surface area contributed by atoms with Crippen LogP contribution >= 0.6 is 15.9 Å². The van der Waals surface area contributed by atoms with Gasteiger partial charge in [-0.15, -0.1) is 0 Å². The van der Waals surface area contributed by atoms with E-state index in [1.165, 1.54) is 17.7 Å². The molecule has 0 bridgehead atoms. The van der Waals surface area contributed by atoms with Crippen molar-refractivity contribution in [2.45, 2.75) is 51.3 Å². The molecule has 20 heavy (non-hydrogen) atoms. The highest BCUT2D eigenvalue weighted by atomic mass is 79.9. The highest BCUT2D eigenvalue weighted by Gasteiger charge is 2.27. The van der Waals surface area contributed by atoms with Gasteiger partial charge < -0.3 is 15.3 Å². The van der Waals surface area contributed by atoms with Gasteiger partial charge in [-0.1, -0.05) is 41.8 Å². The molecule has 1 aromatic rings. The van der Waals surface area contributed by atoms with E-state index in [9.17, 15) is 5.11 Å². The molecular formula is C16H25BrN2O. The van der Waals surface area contributed by atoms with Crippen molar-refractivity contribution in [3.63, 3.8) is 0 Å². The van der Waals surface area contributed by atoms with Gasteiger partial charge in [0.2, 0.25) is 0 Å². The number of nitrogens with zero attached hydrogens (tertiary/aromatic N) is 1. The van der Waals surface area contributed by atoms with E-state index < -0.39 is 0 Å². The fourth-order valence-electron chi connectivity index (χ4n) is 3.00. The van der Waals surface area contributed by atoms with Crippen LogP contribution in [-0.4, -0.2) is 30.8 Å². The summed E-state index contributed by atoms with van der Waals surface area (Å²) in [6.07, 6.45) is 4.15. The molecule has 3 nitrogen and oxygen atoms in total. The third-order valence-corrected chi connectivity index (χ3v) is 4.68. The normalized spacial score (nSPS) is 22.8. The van der Waals surface area contributed by atoms with Crippen LogP contribution in [0.25, 0.3) is 0 Å². The summed E-state index contributed by atoms with van der Waals surface area (Å²) in [7, 11) is 2.11. The number of halogens is 1. The number of hydrogen-bond acceptors (Lipinski definition) is 3. The number of nitrogens with one attached hydrogen (secondary N) is 1. The maximum atomic E-state index is 10.3. The summed E-state index contributed by atoms with van der Waals surface area (Å²) < 4.78 is 1.09. The van der Waals surface area contributed by atoms with Crippen molar-refractivity contribution in [3.8, 4) is 0 Å². The molecule has 1 aliphatic carbocycles. The van der Waals surface area contributed by atoms with Gasteiger partial charge in [-0.05, 0) is 37.1 Å². The lowest BCUT2D eigenvalue weighted by molar-refractivity contribution is 0.106. The Morgan fingerprint density at radius 1 is 1.35 bits per heavy atom. The first-order chi connectivity index (χ1) is 9.63. The minimum Gasteiger partial charge on any atom is -0.391 e. The molecule has 0 aromatic heterocycles. The first-order valence-electron chi connectivity index (χ1n) is 7.53. The molecule has 0 aliphatic heterocycles. The summed E-state index contributed by atoms with van der Waals surface area (Å²) in [6, 6.07) is 6.64. The van der Waals surface area contributed by atoms with Crippen molar-refractivity contribution in [2.75, 3.05) is 18.5 Å². The smallest absolute Gasteiger partial charge is 0.0743 e. The van der Waals surface area contributed by atoms with Gasteiger partial charge in [0.05, 0.1) is 12.1 Å². The number of likely N-dealkylation sites (N-methyl/N-ethyl adjacent to an activating group) is 1. The molecule has 112 valence electrons. The standard InChI is InChI=1S/C16H25BrN2O/c1-3-18-11-12-8-9-13(17)10-15(12)19(2)14-6-4-5-7-16(14)20/h8-10,14,16,18,20H,3-7,11H2,1-2H3. The number of hydrogen-bond donors (Lipinski definition) is 2. The molecule has 1 saturated carbocycles. The predicted octanol–water partition coefficient (Wildman–Crippen LogP) is 3.30. The SMILES string of the molecule is CCNCc1ccc(Br)cc1N(C)C1CCCCC1O. The first kappa shape index (κ1) is 15.8. The minimum absolute atomic E-state index is 0.209. The molecule has 0 spiro atoms. The zero-order valence-electron chi connectivity index (χ0n) is 12.4. The largest absolute Gasteiger partial charge is 0.391 e. The topological polar surface area (TPSA) is 35.5 Å². The zero-order valence-corrected chi connectivity index (χ0v) is 14.0. The van der Waals surface area contributed by atoms with E-state index in [2.05, 4.69) is 58.3 Å². The Labute approximate surface area is 130 Å². The molecule has 1 aliphatic rings. The van der Waals surface area contributed by atoms with E-state index in [4.69, 9.17) is 0 Å². The fraction of sp³-hybridized carbons (Fsp3) is 0.625. The van der Waals surface area contributed by atoms with Crippen molar-refractivity contribution in [2.24, 2.45) is 0 Å². The van der Waals surface area contributed by atoms with Crippen LogP contribution in [0.15, 0.2) is 22.7 Å². The molecule has 1 fully saturated rings. The Hall–Kier alpha value is -0.580. The third kappa shape index (κ3) is 3.74. The number of rotatable bonds is 5. The average Bonchev–Trinajstić information content (AvgIpc) is 2.46. The summed E-state index contributed by atoms with van der Waals surface area (Å²) >= 11 is 3.56. The number of aliphatic hydroxyl groups is 1. The first-order valence-corrected chi connectivity index (χ1v) is 8.32. The van der Waals surface area contributed by atoms with Crippen LogP contribution in [0.2, 0.25) is 0 Å². The second-order valence-electron chi connectivity index (χ2n) is 5.58. The van der Waals surface area contributed by atoms with Gasteiger partial charge in [-0.3, -0.25) is 0 Å². The monoisotopic (exact) mass is 340 g/mol. The molecule has 2 rings (SSSR count). The second-order valence-corrected chi connectivity index (χ2v) is 6.50. The van der Waals surface area contributed by atoms with Gasteiger partial charge in [0.1, 0.15) is 0 Å². The van der Waals surface area contributed by atoms with Crippen LogP contribution in [-0.2, 0) is 6.54 Å². The minimum atomic E-state index is -0.209. The third-order valence-electron chi connectivity index (χ3n) is 4.18. The summed E-state index contributed by atoms with van der Waals surface area (Å²) in [4.78, 5) is 2.27. The lowest BCUT2D eigenvalue weighted by Gasteiger charge is -2.37. The summed E-state index contributed by atoms with van der Waals surface area (Å²) in [5.41, 5.74) is 2.50. The zero-order chi connectivity index (χ0) is 14.5. The van der Waals surface area contributed by atoms with Gasteiger partial charge in [0.25, 0.3) is 0 Å². The molecule has 2 unspecified atom stereocenters. The van der Waals surface area contributed by atoms with E-state index in [0.717, 1.165) is 36.8 Å². The number of benzene rings is 1. The van der Waals surface area contributed by atoms with E-state index in [1.54, 1.807) is 0 Å². The van der Waals surface area contributed by atoms with Crippen molar-refractivity contribution >= 4 is 21.6 Å². The van der Waals surface area contributed by atoms with Crippen molar-refractivity contribution < 1.29 is 5.11 Å². The Bertz CT molecular complexity index is 438. The molecule has 2 N–H and O–H groups in total. The van der Waals surface area contributed by atoms with Crippen molar-refractivity contribution in [3.05, 3.63) is 28.2 Å². The highest BCUT2D eigenvalue weighted by Crippen LogP contribution is 2.30. The van der Waals surface area contributed by atoms with Gasteiger partial charge in [-0.25, -0.2) is 0 Å². The van der Waals surface area contributed by atoms with Gasteiger partial charge in [0, 0.05) is 23.8 Å². The quantitative estimate of drug-likeness (QED) is 0.863. The fourth-order valence-corrected chi connectivity index (χ4v) is 3.35. The Balaban J connectivity index is 2.22. The van der Waals surface area contributed by atoms with Crippen LogP contribution in [0.1, 0.15) is 38.2 Å².